The van der Waals surface area contributed by atoms with Crippen LogP contribution in [0.4, 0.5) is 5.69 Å². The normalized spacial score (nSPS) is 14.8. The molecule has 1 aromatic rings. The first-order chi connectivity index (χ1) is 7.20. The number of carbonyl (C=O) groups is 1. The van der Waals surface area contributed by atoms with Gasteiger partial charge in [0.05, 0.1) is 12.8 Å². The Morgan fingerprint density at radius 2 is 2.27 bits per heavy atom. The lowest BCUT2D eigenvalue weighted by molar-refractivity contribution is -0.117. The fraction of sp³-hybridized carbons (Fsp3) is 0.364. The van der Waals surface area contributed by atoms with Gasteiger partial charge in [-0.3, -0.25) is 4.79 Å². The average Bonchev–Trinajstić information content (AvgIpc) is 3.01. The summed E-state index contributed by atoms with van der Waals surface area (Å²) in [5.74, 6) is 0.979. The van der Waals surface area contributed by atoms with Crippen molar-refractivity contribution >= 4 is 27.5 Å². The van der Waals surface area contributed by atoms with Crippen molar-refractivity contribution in [3.63, 3.8) is 0 Å². The Morgan fingerprint density at radius 1 is 1.53 bits per heavy atom. The number of methoxy groups -OCH3 is 1. The summed E-state index contributed by atoms with van der Waals surface area (Å²) < 4.78 is 6.09. The van der Waals surface area contributed by atoms with Crippen molar-refractivity contribution in [2.75, 3.05) is 12.4 Å². The van der Waals surface area contributed by atoms with Gasteiger partial charge >= 0.3 is 0 Å². The Kier molecular flexibility index (Phi) is 2.95. The lowest BCUT2D eigenvalue weighted by atomic mass is 10.2. The molecule has 0 spiro atoms. The molecule has 0 atom stereocenters. The molecule has 0 heterocycles. The van der Waals surface area contributed by atoms with Gasteiger partial charge in [0.25, 0.3) is 0 Å². The standard InChI is InChI=1S/C11H12BrNO2/c1-15-10-5-4-8(12)6-9(10)13-11(14)7-2-3-7/h4-7H,2-3H2,1H3,(H,13,14). The second kappa shape index (κ2) is 4.23. The molecular weight excluding hydrogens is 258 g/mol. The number of benzene rings is 1. The summed E-state index contributed by atoms with van der Waals surface area (Å²) in [6.45, 7) is 0. The minimum atomic E-state index is 0.0893. The summed E-state index contributed by atoms with van der Waals surface area (Å²) in [6.07, 6.45) is 2.00. The van der Waals surface area contributed by atoms with Crippen LogP contribution in [0.2, 0.25) is 0 Å². The van der Waals surface area contributed by atoms with Crippen LogP contribution in [-0.4, -0.2) is 13.0 Å². The summed E-state index contributed by atoms with van der Waals surface area (Å²) in [5, 5.41) is 2.87. The minimum absolute atomic E-state index is 0.0893. The summed E-state index contributed by atoms with van der Waals surface area (Å²) >= 11 is 3.36. The molecule has 0 aliphatic heterocycles. The van der Waals surface area contributed by atoms with Crippen LogP contribution in [0, 0.1) is 5.92 Å². The van der Waals surface area contributed by atoms with E-state index < -0.39 is 0 Å². The fourth-order valence-corrected chi connectivity index (χ4v) is 1.72. The van der Waals surface area contributed by atoms with E-state index in [-0.39, 0.29) is 11.8 Å². The number of carbonyl (C=O) groups excluding carboxylic acids is 1. The molecule has 1 fully saturated rings. The zero-order chi connectivity index (χ0) is 10.8. The van der Waals surface area contributed by atoms with Crippen LogP contribution >= 0.6 is 15.9 Å². The van der Waals surface area contributed by atoms with Crippen molar-refractivity contribution in [3.05, 3.63) is 22.7 Å². The van der Waals surface area contributed by atoms with Gasteiger partial charge in [-0.2, -0.15) is 0 Å². The highest BCUT2D eigenvalue weighted by molar-refractivity contribution is 9.10. The lowest BCUT2D eigenvalue weighted by Gasteiger charge is -2.09. The van der Waals surface area contributed by atoms with Crippen LogP contribution in [0.3, 0.4) is 0 Å². The van der Waals surface area contributed by atoms with Gasteiger partial charge in [-0.15, -0.1) is 0 Å². The summed E-state index contributed by atoms with van der Waals surface area (Å²) in [4.78, 5) is 11.6. The third-order valence-electron chi connectivity index (χ3n) is 2.37. The number of hydrogen-bond acceptors (Lipinski definition) is 2. The lowest BCUT2D eigenvalue weighted by Crippen LogP contribution is -2.13. The number of nitrogens with one attached hydrogen (secondary N) is 1. The van der Waals surface area contributed by atoms with Crippen LogP contribution in [0.1, 0.15) is 12.8 Å². The topological polar surface area (TPSA) is 38.3 Å². The maximum absolute atomic E-state index is 11.6. The zero-order valence-corrected chi connectivity index (χ0v) is 10.0. The molecule has 0 aromatic heterocycles. The van der Waals surface area contributed by atoms with Gasteiger partial charge in [0.2, 0.25) is 5.91 Å². The van der Waals surface area contributed by atoms with Crippen molar-refractivity contribution in [2.24, 2.45) is 5.92 Å². The van der Waals surface area contributed by atoms with Gasteiger partial charge in [-0.05, 0) is 31.0 Å². The monoisotopic (exact) mass is 269 g/mol. The molecule has 1 aromatic carbocycles. The van der Waals surface area contributed by atoms with Gasteiger partial charge in [0, 0.05) is 10.4 Å². The minimum Gasteiger partial charge on any atom is -0.495 e. The first-order valence-corrected chi connectivity index (χ1v) is 5.64. The first kappa shape index (κ1) is 10.5. The summed E-state index contributed by atoms with van der Waals surface area (Å²) in [7, 11) is 1.59. The highest BCUT2D eigenvalue weighted by atomic mass is 79.9. The number of anilines is 1. The van der Waals surface area contributed by atoms with E-state index in [0.717, 1.165) is 23.0 Å². The number of rotatable bonds is 3. The molecule has 80 valence electrons. The summed E-state index contributed by atoms with van der Waals surface area (Å²) in [6, 6.07) is 5.55. The molecule has 0 radical (unpaired) electrons. The SMILES string of the molecule is COc1ccc(Br)cc1NC(=O)C1CC1. The van der Waals surface area contributed by atoms with E-state index in [9.17, 15) is 4.79 Å². The van der Waals surface area contributed by atoms with Gasteiger partial charge in [-0.1, -0.05) is 15.9 Å². The predicted octanol–water partition coefficient (Wildman–Crippen LogP) is 2.81. The molecule has 1 aliphatic carbocycles. The maximum Gasteiger partial charge on any atom is 0.227 e. The maximum atomic E-state index is 11.6. The third kappa shape index (κ3) is 2.50. The molecule has 2 rings (SSSR count). The van der Waals surface area contributed by atoms with Crippen molar-refractivity contribution in [1.82, 2.24) is 0 Å². The molecule has 1 saturated carbocycles. The molecule has 0 saturated heterocycles. The molecule has 0 unspecified atom stereocenters. The van der Waals surface area contributed by atoms with Gasteiger partial charge in [0.1, 0.15) is 5.75 Å². The van der Waals surface area contributed by atoms with Crippen LogP contribution in [0.5, 0.6) is 5.75 Å². The highest BCUT2D eigenvalue weighted by Gasteiger charge is 2.30. The van der Waals surface area contributed by atoms with E-state index in [1.54, 1.807) is 7.11 Å². The molecule has 3 nitrogen and oxygen atoms in total. The smallest absolute Gasteiger partial charge is 0.227 e. The molecule has 4 heteroatoms. The Hall–Kier alpha value is -1.03. The molecule has 1 aliphatic rings. The Bertz CT molecular complexity index is 388. The van der Waals surface area contributed by atoms with Crippen molar-refractivity contribution in [2.45, 2.75) is 12.8 Å². The van der Waals surface area contributed by atoms with Crippen molar-refractivity contribution in [3.8, 4) is 5.75 Å². The molecule has 0 bridgehead atoms. The first-order valence-electron chi connectivity index (χ1n) is 4.85. The number of halogens is 1. The number of ether oxygens (including phenoxy) is 1. The predicted molar refractivity (Wildman–Crippen MR) is 62.0 cm³/mol. The fourth-order valence-electron chi connectivity index (χ4n) is 1.36. The van der Waals surface area contributed by atoms with Crippen LogP contribution in [0.15, 0.2) is 22.7 Å². The van der Waals surface area contributed by atoms with E-state index in [0.29, 0.717) is 5.75 Å². The average molecular weight is 270 g/mol. The van der Waals surface area contributed by atoms with E-state index >= 15 is 0 Å². The Morgan fingerprint density at radius 3 is 2.87 bits per heavy atom. The number of hydrogen-bond donors (Lipinski definition) is 1. The van der Waals surface area contributed by atoms with E-state index in [2.05, 4.69) is 21.2 Å². The number of amides is 1. The van der Waals surface area contributed by atoms with E-state index in [1.807, 2.05) is 18.2 Å². The van der Waals surface area contributed by atoms with Crippen molar-refractivity contribution < 1.29 is 9.53 Å². The molecule has 15 heavy (non-hydrogen) atoms. The van der Waals surface area contributed by atoms with Gasteiger partial charge in [0.15, 0.2) is 0 Å². The second-order valence-electron chi connectivity index (χ2n) is 3.61. The van der Waals surface area contributed by atoms with Crippen LogP contribution in [-0.2, 0) is 4.79 Å². The quantitative estimate of drug-likeness (QED) is 0.917. The molecule has 1 N–H and O–H groups in total. The van der Waals surface area contributed by atoms with Crippen LogP contribution < -0.4 is 10.1 Å². The zero-order valence-electron chi connectivity index (χ0n) is 8.42. The van der Waals surface area contributed by atoms with E-state index in [4.69, 9.17) is 4.74 Å². The van der Waals surface area contributed by atoms with Gasteiger partial charge in [-0.25, -0.2) is 0 Å². The van der Waals surface area contributed by atoms with Crippen LogP contribution in [0.25, 0.3) is 0 Å². The summed E-state index contributed by atoms with van der Waals surface area (Å²) in [5.41, 5.74) is 0.726. The Labute approximate surface area is 96.9 Å². The molecular formula is C11H12BrNO2. The van der Waals surface area contributed by atoms with Gasteiger partial charge < -0.3 is 10.1 Å². The second-order valence-corrected chi connectivity index (χ2v) is 4.52. The van der Waals surface area contributed by atoms with Crippen molar-refractivity contribution in [1.29, 1.82) is 0 Å². The largest absolute Gasteiger partial charge is 0.495 e. The highest BCUT2D eigenvalue weighted by Crippen LogP contribution is 2.33. The van der Waals surface area contributed by atoms with E-state index in [1.165, 1.54) is 0 Å². The third-order valence-corrected chi connectivity index (χ3v) is 2.86. The molecule has 1 amide bonds. The Balaban J connectivity index is 2.17.